The van der Waals surface area contributed by atoms with Crippen molar-refractivity contribution in [1.29, 1.82) is 0 Å². The maximum absolute atomic E-state index is 3.39. The summed E-state index contributed by atoms with van der Waals surface area (Å²) in [6.45, 7) is 16.9. The number of allylic oxidation sites excluding steroid dienone is 5. The Morgan fingerprint density at radius 3 is 2.09 bits per heavy atom. The summed E-state index contributed by atoms with van der Waals surface area (Å²) in [5, 5.41) is 0. The van der Waals surface area contributed by atoms with Gasteiger partial charge in [-0.2, -0.15) is 0 Å². The Labute approximate surface area is 203 Å². The fourth-order valence-electron chi connectivity index (χ4n) is 7.46. The van der Waals surface area contributed by atoms with Crippen molar-refractivity contribution in [3.63, 3.8) is 0 Å². The van der Waals surface area contributed by atoms with Gasteiger partial charge in [0.1, 0.15) is 0 Å². The summed E-state index contributed by atoms with van der Waals surface area (Å²) in [6.07, 6.45) is 5.12. The molecule has 2 unspecified atom stereocenters. The molecule has 2 aromatic rings. The van der Waals surface area contributed by atoms with Gasteiger partial charge in [-0.15, -0.1) is 0 Å². The van der Waals surface area contributed by atoms with Gasteiger partial charge >= 0.3 is 205 Å². The molecule has 0 aromatic heterocycles. The minimum absolute atomic E-state index is 0.380. The van der Waals surface area contributed by atoms with Crippen LogP contribution in [0, 0.1) is 11.3 Å². The number of hydrogen-bond donors (Lipinski definition) is 0. The zero-order valence-electron chi connectivity index (χ0n) is 21.9. The van der Waals surface area contributed by atoms with Crippen LogP contribution >= 0.6 is 0 Å². The van der Waals surface area contributed by atoms with E-state index in [0.29, 0.717) is 15.0 Å². The molecule has 2 heteroatoms. The van der Waals surface area contributed by atoms with Gasteiger partial charge in [0.25, 0.3) is 0 Å². The van der Waals surface area contributed by atoms with E-state index in [4.69, 9.17) is 0 Å². The zero-order valence-corrected chi connectivity index (χ0v) is 25.8. The molecule has 0 bridgehead atoms. The van der Waals surface area contributed by atoms with E-state index in [0.717, 1.165) is 0 Å². The SMILES string of the molecule is CC1=C(C)C(C)[C]([Zr]([CH3])([CH3])(=[SiH2])[CH]2C=C(c3ccccc3)c3cc4c(cc32)CC(C)(C)C4)=C1C. The fourth-order valence-corrected chi connectivity index (χ4v) is 25.9. The maximum atomic E-state index is 2.73. The molecule has 0 fully saturated rings. The van der Waals surface area contributed by atoms with Crippen molar-refractivity contribution >= 4 is 12.5 Å². The molecule has 0 aliphatic heterocycles. The van der Waals surface area contributed by atoms with Gasteiger partial charge in [-0.05, 0) is 0 Å². The van der Waals surface area contributed by atoms with E-state index >= 15 is 0 Å². The van der Waals surface area contributed by atoms with Crippen LogP contribution in [-0.2, 0) is 30.2 Å². The molecule has 0 spiro atoms. The summed E-state index contributed by atoms with van der Waals surface area (Å²) in [6, 6.07) is 16.4. The molecule has 0 amide bonds. The van der Waals surface area contributed by atoms with Gasteiger partial charge in [0.05, 0.1) is 0 Å². The molecule has 5 rings (SSSR count). The molecule has 3 aliphatic rings. The van der Waals surface area contributed by atoms with Crippen molar-refractivity contribution in [3.05, 3.63) is 96.4 Å². The van der Waals surface area contributed by atoms with Gasteiger partial charge in [0.2, 0.25) is 0 Å². The van der Waals surface area contributed by atoms with Crippen LogP contribution in [-0.4, -0.2) is 6.88 Å². The molecule has 0 saturated heterocycles. The molecule has 172 valence electrons. The molecule has 2 aromatic carbocycles. The van der Waals surface area contributed by atoms with E-state index in [1.54, 1.807) is 33.4 Å². The molecule has 33 heavy (non-hydrogen) atoms. The van der Waals surface area contributed by atoms with E-state index in [-0.39, 0.29) is 0 Å². The van der Waals surface area contributed by atoms with Gasteiger partial charge in [-0.3, -0.25) is 0 Å². The second-order valence-corrected chi connectivity index (χ2v) is 42.6. The van der Waals surface area contributed by atoms with Crippen molar-refractivity contribution in [2.24, 2.45) is 11.3 Å². The van der Waals surface area contributed by atoms with Gasteiger partial charge in [-0.25, -0.2) is 0 Å². The Morgan fingerprint density at radius 2 is 1.52 bits per heavy atom. The first-order valence-electron chi connectivity index (χ1n) is 12.7. The van der Waals surface area contributed by atoms with Gasteiger partial charge < -0.3 is 0 Å². The molecule has 0 nitrogen and oxygen atoms in total. The Balaban J connectivity index is 1.75. The summed E-state index contributed by atoms with van der Waals surface area (Å²) in [5.74, 6) is 0.592. The molecular formula is C31H40SiZr. The van der Waals surface area contributed by atoms with Crippen molar-refractivity contribution in [2.75, 3.05) is 0 Å². The Kier molecular flexibility index (Phi) is 5.25. The van der Waals surface area contributed by atoms with E-state index in [2.05, 4.69) is 106 Å². The third-order valence-electron chi connectivity index (χ3n) is 9.28. The van der Waals surface area contributed by atoms with Crippen LogP contribution in [0.3, 0.4) is 0 Å². The first-order chi connectivity index (χ1) is 15.3. The van der Waals surface area contributed by atoms with E-state index < -0.39 is 17.4 Å². The van der Waals surface area contributed by atoms with Gasteiger partial charge in [0, 0.05) is 0 Å². The molecule has 0 heterocycles. The summed E-state index contributed by atoms with van der Waals surface area (Å²) in [5.41, 5.74) is 14.3. The van der Waals surface area contributed by atoms with E-state index in [1.807, 2.05) is 3.28 Å². The molecule has 0 radical (unpaired) electrons. The van der Waals surface area contributed by atoms with Crippen LogP contribution in [0.25, 0.3) is 5.57 Å². The average molecular weight is 532 g/mol. The number of benzene rings is 2. The number of rotatable bonds is 3. The molecular weight excluding hydrogens is 492 g/mol. The van der Waals surface area contributed by atoms with Crippen LogP contribution in [0.2, 0.25) is 9.26 Å². The molecule has 3 aliphatic carbocycles. The Bertz CT molecular complexity index is 1340. The number of fused-ring (bicyclic) bond motifs is 2. The van der Waals surface area contributed by atoms with E-state index in [9.17, 15) is 0 Å². The Hall–Kier alpha value is -1.24. The molecule has 2 atom stereocenters. The first kappa shape index (κ1) is 23.5. The third kappa shape index (κ3) is 3.54. The predicted octanol–water partition coefficient (Wildman–Crippen LogP) is 7.89. The zero-order chi connectivity index (χ0) is 23.9. The second-order valence-electron chi connectivity index (χ2n) is 13.0. The van der Waals surface area contributed by atoms with Crippen molar-refractivity contribution in [2.45, 2.75) is 67.3 Å². The fraction of sp³-hybridized carbons (Fsp3) is 0.419. The van der Waals surface area contributed by atoms with Gasteiger partial charge in [0.15, 0.2) is 0 Å². The summed E-state index contributed by atoms with van der Waals surface area (Å²) in [4.78, 5) is 0. The van der Waals surface area contributed by atoms with E-state index in [1.165, 1.54) is 29.5 Å². The summed E-state index contributed by atoms with van der Waals surface area (Å²) < 4.78 is 7.87. The van der Waals surface area contributed by atoms with Crippen molar-refractivity contribution < 1.29 is 17.4 Å². The monoisotopic (exact) mass is 530 g/mol. The third-order valence-corrected chi connectivity index (χ3v) is 26.5. The minimum atomic E-state index is -3.39. The summed E-state index contributed by atoms with van der Waals surface area (Å²) in [7, 11) is 0. The second kappa shape index (κ2) is 7.38. The normalized spacial score (nSPS) is 24.3. The van der Waals surface area contributed by atoms with Crippen LogP contribution in [0.4, 0.5) is 0 Å². The average Bonchev–Trinajstić information content (AvgIpc) is 3.32. The van der Waals surface area contributed by atoms with Crippen LogP contribution in [0.15, 0.2) is 68.5 Å². The number of hydrogen-bond acceptors (Lipinski definition) is 0. The molecule has 0 saturated carbocycles. The Morgan fingerprint density at radius 1 is 0.909 bits per heavy atom. The molecule has 0 N–H and O–H groups in total. The topological polar surface area (TPSA) is 0 Å². The predicted molar refractivity (Wildman–Crippen MR) is 144 cm³/mol. The van der Waals surface area contributed by atoms with Crippen molar-refractivity contribution in [3.8, 4) is 0 Å². The van der Waals surface area contributed by atoms with Crippen LogP contribution in [0.5, 0.6) is 0 Å². The van der Waals surface area contributed by atoms with Crippen LogP contribution in [0.1, 0.15) is 73.0 Å². The van der Waals surface area contributed by atoms with Crippen LogP contribution < -0.4 is 0 Å². The quantitative estimate of drug-likeness (QED) is 0.353. The van der Waals surface area contributed by atoms with Crippen molar-refractivity contribution in [1.82, 2.24) is 0 Å². The standard InChI is InChI=1S/C20H19.C9H13.2CH3.H2Si.Zr/c1-20(2)12-16-10-15-8-9-18(14-6-4-3-5-7-14)19(15)11-17(16)13-20;1-6-5-7(2)9(4)8(6)3;;;;/h3-11H,12-13H2,1-2H3;6H,1-4H3;2*1H3;1H2;. The summed E-state index contributed by atoms with van der Waals surface area (Å²) >= 11 is -3.39. The first-order valence-corrected chi connectivity index (χ1v) is 26.2. The van der Waals surface area contributed by atoms with Gasteiger partial charge in [-0.1, -0.05) is 0 Å².